The van der Waals surface area contributed by atoms with Crippen molar-refractivity contribution >= 4 is 16.6 Å². The molecular formula is C16H11N5. The Morgan fingerprint density at radius 2 is 2.05 bits per heavy atom. The van der Waals surface area contributed by atoms with Crippen LogP contribution in [0.25, 0.3) is 27.9 Å². The van der Waals surface area contributed by atoms with Crippen LogP contribution in [-0.4, -0.2) is 19.2 Å². The maximum absolute atomic E-state index is 9.03. The summed E-state index contributed by atoms with van der Waals surface area (Å²) in [6.07, 6.45) is 3.73. The van der Waals surface area contributed by atoms with Gasteiger partial charge in [-0.15, -0.1) is 0 Å². The van der Waals surface area contributed by atoms with Gasteiger partial charge in [-0.05, 0) is 30.3 Å². The molecule has 4 aromatic rings. The third kappa shape index (κ3) is 1.63. The summed E-state index contributed by atoms with van der Waals surface area (Å²) < 4.78 is 3.83. The SMILES string of the molecule is Cn1c(-c2cnn3ccccc23)nc2ccc(C#N)cc21. The molecule has 0 spiro atoms. The Labute approximate surface area is 120 Å². The van der Waals surface area contributed by atoms with Crippen LogP contribution in [0.3, 0.4) is 0 Å². The highest BCUT2D eigenvalue weighted by Gasteiger charge is 2.14. The van der Waals surface area contributed by atoms with E-state index in [1.54, 1.807) is 6.07 Å². The molecule has 0 atom stereocenters. The van der Waals surface area contributed by atoms with Crippen LogP contribution >= 0.6 is 0 Å². The van der Waals surface area contributed by atoms with Gasteiger partial charge in [0, 0.05) is 13.2 Å². The first-order valence-corrected chi connectivity index (χ1v) is 6.57. The standard InChI is InChI=1S/C16H11N5/c1-20-15-8-11(9-17)5-6-13(15)19-16(20)12-10-18-21-7-3-2-4-14(12)21/h2-8,10H,1H3. The Morgan fingerprint density at radius 1 is 1.14 bits per heavy atom. The molecule has 0 amide bonds. The summed E-state index contributed by atoms with van der Waals surface area (Å²) in [7, 11) is 1.96. The van der Waals surface area contributed by atoms with Gasteiger partial charge in [0.15, 0.2) is 0 Å². The van der Waals surface area contributed by atoms with Gasteiger partial charge in [0.2, 0.25) is 0 Å². The molecule has 0 fully saturated rings. The number of hydrogen-bond acceptors (Lipinski definition) is 3. The quantitative estimate of drug-likeness (QED) is 0.536. The van der Waals surface area contributed by atoms with Gasteiger partial charge in [-0.25, -0.2) is 9.50 Å². The predicted molar refractivity (Wildman–Crippen MR) is 79.6 cm³/mol. The molecule has 5 heteroatoms. The average molecular weight is 273 g/mol. The van der Waals surface area contributed by atoms with E-state index in [2.05, 4.69) is 16.2 Å². The van der Waals surface area contributed by atoms with E-state index >= 15 is 0 Å². The van der Waals surface area contributed by atoms with E-state index in [1.165, 1.54) is 0 Å². The number of aryl methyl sites for hydroxylation is 1. The van der Waals surface area contributed by atoms with Crippen molar-refractivity contribution in [2.45, 2.75) is 0 Å². The lowest BCUT2D eigenvalue weighted by atomic mass is 10.2. The van der Waals surface area contributed by atoms with E-state index in [9.17, 15) is 0 Å². The third-order valence-electron chi connectivity index (χ3n) is 3.68. The minimum atomic E-state index is 0.636. The van der Waals surface area contributed by atoms with Crippen molar-refractivity contribution in [1.82, 2.24) is 19.2 Å². The number of aromatic nitrogens is 4. The molecular weight excluding hydrogens is 262 g/mol. The van der Waals surface area contributed by atoms with Crippen LogP contribution in [0.5, 0.6) is 0 Å². The first-order valence-electron chi connectivity index (χ1n) is 6.57. The smallest absolute Gasteiger partial charge is 0.144 e. The molecule has 0 radical (unpaired) electrons. The minimum absolute atomic E-state index is 0.636. The summed E-state index contributed by atoms with van der Waals surface area (Å²) in [5, 5.41) is 13.4. The highest BCUT2D eigenvalue weighted by molar-refractivity contribution is 5.85. The number of nitrogens with zero attached hydrogens (tertiary/aromatic N) is 5. The van der Waals surface area contributed by atoms with Crippen LogP contribution in [0, 0.1) is 11.3 Å². The van der Waals surface area contributed by atoms with Crippen LogP contribution in [-0.2, 0) is 7.05 Å². The number of imidazole rings is 1. The molecule has 3 aromatic heterocycles. The molecule has 5 nitrogen and oxygen atoms in total. The molecule has 0 aliphatic carbocycles. The summed E-state index contributed by atoms with van der Waals surface area (Å²) in [4.78, 5) is 4.68. The van der Waals surface area contributed by atoms with Crippen molar-refractivity contribution in [3.63, 3.8) is 0 Å². The molecule has 21 heavy (non-hydrogen) atoms. The van der Waals surface area contributed by atoms with E-state index in [4.69, 9.17) is 5.26 Å². The number of benzene rings is 1. The topological polar surface area (TPSA) is 58.9 Å². The van der Waals surface area contributed by atoms with Gasteiger partial charge in [0.05, 0.1) is 39.9 Å². The largest absolute Gasteiger partial charge is 0.327 e. The monoisotopic (exact) mass is 273 g/mol. The Kier molecular flexibility index (Phi) is 2.33. The van der Waals surface area contributed by atoms with Crippen molar-refractivity contribution in [3.05, 3.63) is 54.4 Å². The third-order valence-corrected chi connectivity index (χ3v) is 3.68. The molecule has 4 rings (SSSR count). The Balaban J connectivity index is 2.03. The second kappa shape index (κ2) is 4.18. The van der Waals surface area contributed by atoms with Gasteiger partial charge >= 0.3 is 0 Å². The lowest BCUT2D eigenvalue weighted by molar-refractivity contribution is 0.959. The number of rotatable bonds is 1. The second-order valence-corrected chi connectivity index (χ2v) is 4.90. The molecule has 0 saturated carbocycles. The van der Waals surface area contributed by atoms with Crippen molar-refractivity contribution in [3.8, 4) is 17.5 Å². The highest BCUT2D eigenvalue weighted by atomic mass is 15.2. The normalized spacial score (nSPS) is 11.0. The van der Waals surface area contributed by atoms with Crippen LogP contribution in [0.15, 0.2) is 48.8 Å². The van der Waals surface area contributed by atoms with E-state index in [-0.39, 0.29) is 0 Å². The van der Waals surface area contributed by atoms with Crippen LogP contribution < -0.4 is 0 Å². The molecule has 0 aliphatic rings. The Bertz CT molecular complexity index is 1020. The number of fused-ring (bicyclic) bond motifs is 2. The zero-order valence-corrected chi connectivity index (χ0v) is 11.4. The van der Waals surface area contributed by atoms with Crippen molar-refractivity contribution in [2.24, 2.45) is 7.05 Å². The predicted octanol–water partition coefficient (Wildman–Crippen LogP) is 2.76. The molecule has 3 heterocycles. The molecule has 0 saturated heterocycles. The second-order valence-electron chi connectivity index (χ2n) is 4.90. The highest BCUT2D eigenvalue weighted by Crippen LogP contribution is 2.27. The lowest BCUT2D eigenvalue weighted by Gasteiger charge is -2.00. The summed E-state index contributed by atoms with van der Waals surface area (Å²) in [6.45, 7) is 0. The molecule has 100 valence electrons. The van der Waals surface area contributed by atoms with Crippen LogP contribution in [0.1, 0.15) is 5.56 Å². The summed E-state index contributed by atoms with van der Waals surface area (Å²) in [6, 6.07) is 13.6. The van der Waals surface area contributed by atoms with Gasteiger partial charge in [-0.2, -0.15) is 10.4 Å². The maximum Gasteiger partial charge on any atom is 0.144 e. The molecule has 0 aliphatic heterocycles. The van der Waals surface area contributed by atoms with E-state index in [0.29, 0.717) is 5.56 Å². The van der Waals surface area contributed by atoms with Gasteiger partial charge in [-0.1, -0.05) is 6.07 Å². The van der Waals surface area contributed by atoms with Crippen molar-refractivity contribution in [1.29, 1.82) is 5.26 Å². The average Bonchev–Trinajstić information content (AvgIpc) is 3.08. The first kappa shape index (κ1) is 11.7. The van der Waals surface area contributed by atoms with Crippen molar-refractivity contribution in [2.75, 3.05) is 0 Å². The fraction of sp³-hybridized carbons (Fsp3) is 0.0625. The summed E-state index contributed by atoms with van der Waals surface area (Å²) in [5.74, 6) is 0.848. The van der Waals surface area contributed by atoms with E-state index < -0.39 is 0 Å². The Morgan fingerprint density at radius 3 is 2.90 bits per heavy atom. The molecule has 0 bridgehead atoms. The van der Waals surface area contributed by atoms with E-state index in [1.807, 2.05) is 58.9 Å². The maximum atomic E-state index is 9.03. The zero-order chi connectivity index (χ0) is 14.4. The summed E-state index contributed by atoms with van der Waals surface area (Å²) in [5.41, 5.74) is 4.45. The van der Waals surface area contributed by atoms with E-state index in [0.717, 1.165) is 27.9 Å². The summed E-state index contributed by atoms with van der Waals surface area (Å²) >= 11 is 0. The minimum Gasteiger partial charge on any atom is -0.327 e. The van der Waals surface area contributed by atoms with Gasteiger partial charge in [0.1, 0.15) is 5.82 Å². The lowest BCUT2D eigenvalue weighted by Crippen LogP contribution is -1.92. The zero-order valence-electron chi connectivity index (χ0n) is 11.4. The van der Waals surface area contributed by atoms with Crippen LogP contribution in [0.4, 0.5) is 0 Å². The fourth-order valence-electron chi connectivity index (χ4n) is 2.61. The molecule has 0 N–H and O–H groups in total. The molecule has 0 unspecified atom stereocenters. The Hall–Kier alpha value is -3.13. The number of nitriles is 1. The van der Waals surface area contributed by atoms with Gasteiger partial charge in [-0.3, -0.25) is 0 Å². The number of pyridine rings is 1. The van der Waals surface area contributed by atoms with Gasteiger partial charge < -0.3 is 4.57 Å². The number of hydrogen-bond donors (Lipinski definition) is 0. The molecule has 1 aromatic carbocycles. The van der Waals surface area contributed by atoms with Gasteiger partial charge in [0.25, 0.3) is 0 Å². The van der Waals surface area contributed by atoms with Crippen molar-refractivity contribution < 1.29 is 0 Å². The fourth-order valence-corrected chi connectivity index (χ4v) is 2.61. The first-order chi connectivity index (χ1) is 10.3. The van der Waals surface area contributed by atoms with Crippen LogP contribution in [0.2, 0.25) is 0 Å².